The van der Waals surface area contributed by atoms with Crippen LogP contribution in [0.5, 0.6) is 0 Å². The monoisotopic (exact) mass is 176 g/mol. The van der Waals surface area contributed by atoms with E-state index in [0.29, 0.717) is 13.2 Å². The summed E-state index contributed by atoms with van der Waals surface area (Å²) in [6.45, 7) is 0.527. The molecule has 0 saturated carbocycles. The first-order valence-corrected chi connectivity index (χ1v) is 2.56. The van der Waals surface area contributed by atoms with Gasteiger partial charge in [0, 0.05) is 7.11 Å². The normalized spacial score (nSPS) is 8.50. The maximum absolute atomic E-state index is 9.80. The minimum Gasteiger partial charge on any atom is -1.00 e. The molecule has 0 amide bonds. The number of hydrogen-bond acceptors (Lipinski definition) is 3. The zero-order valence-corrected chi connectivity index (χ0v) is 8.21. The summed E-state index contributed by atoms with van der Waals surface area (Å²) in [4.78, 5) is 9.80. The van der Waals surface area contributed by atoms with Crippen LogP contribution < -0.4 is 0 Å². The van der Waals surface area contributed by atoms with Gasteiger partial charge in [-0.2, -0.15) is 0 Å². The van der Waals surface area contributed by atoms with Crippen LogP contribution in [-0.4, -0.2) is 75.7 Å². The van der Waals surface area contributed by atoms with E-state index in [4.69, 9.17) is 5.11 Å². The summed E-state index contributed by atoms with van der Waals surface area (Å²) in [5, 5.41) is 8.05. The quantitative estimate of drug-likeness (QED) is 0.456. The van der Waals surface area contributed by atoms with Crippen LogP contribution in [0.15, 0.2) is 0 Å². The maximum Gasteiger partial charge on any atom is 2.00 e. The van der Waals surface area contributed by atoms with Crippen LogP contribution in [0, 0.1) is 0 Å². The van der Waals surface area contributed by atoms with E-state index in [1.165, 1.54) is 7.11 Å². The molecule has 0 spiro atoms. The van der Waals surface area contributed by atoms with Crippen molar-refractivity contribution >= 4 is 43.7 Å². The smallest absolute Gasteiger partial charge is 1.00 e. The van der Waals surface area contributed by atoms with E-state index in [-0.39, 0.29) is 47.2 Å². The van der Waals surface area contributed by atoms with E-state index >= 15 is 0 Å². The minimum absolute atomic E-state index is 0. The number of hydrogen-bond donors (Lipinski definition) is 1. The van der Waals surface area contributed by atoms with E-state index < -0.39 is 5.97 Å². The first-order valence-electron chi connectivity index (χ1n) is 2.56. The number of aliphatic carboxylic acids is 1. The Morgan fingerprint density at radius 2 is 2.20 bits per heavy atom. The van der Waals surface area contributed by atoms with Crippen molar-refractivity contribution in [2.24, 2.45) is 0 Å². The molecule has 0 fully saturated rings. The SMILES string of the molecule is COCCOCC(=O)O.[Ca+2].[H-].[H-]. The number of rotatable bonds is 5. The number of ether oxygens (including phenoxy) is 2. The molecule has 58 valence electrons. The van der Waals surface area contributed by atoms with E-state index in [1.54, 1.807) is 0 Å². The average Bonchev–Trinajstić information content (AvgIpc) is 1.80. The Labute approximate surface area is 92.5 Å². The van der Waals surface area contributed by atoms with Crippen molar-refractivity contribution in [1.29, 1.82) is 0 Å². The predicted molar refractivity (Wildman–Crippen MR) is 38.3 cm³/mol. The molecule has 0 bridgehead atoms. The summed E-state index contributed by atoms with van der Waals surface area (Å²) in [6.07, 6.45) is 0. The molecule has 10 heavy (non-hydrogen) atoms. The van der Waals surface area contributed by atoms with Gasteiger partial charge in [-0.15, -0.1) is 0 Å². The van der Waals surface area contributed by atoms with Crippen LogP contribution in [-0.2, 0) is 14.3 Å². The average molecular weight is 176 g/mol. The molecule has 1 N–H and O–H groups in total. The molecule has 5 heteroatoms. The summed E-state index contributed by atoms with van der Waals surface area (Å²) in [7, 11) is 1.53. The Morgan fingerprint density at radius 1 is 1.60 bits per heavy atom. The Balaban J connectivity index is -0.000000107. The molecule has 0 rings (SSSR count). The van der Waals surface area contributed by atoms with Gasteiger partial charge < -0.3 is 17.4 Å². The van der Waals surface area contributed by atoms with Gasteiger partial charge in [0.1, 0.15) is 6.61 Å². The van der Waals surface area contributed by atoms with E-state index in [9.17, 15) is 4.79 Å². The van der Waals surface area contributed by atoms with E-state index in [2.05, 4.69) is 9.47 Å². The van der Waals surface area contributed by atoms with E-state index in [1.807, 2.05) is 0 Å². The van der Waals surface area contributed by atoms with E-state index in [0.717, 1.165) is 0 Å². The molecule has 0 aliphatic heterocycles. The number of methoxy groups -OCH3 is 1. The van der Waals surface area contributed by atoms with Crippen molar-refractivity contribution in [1.82, 2.24) is 0 Å². The van der Waals surface area contributed by atoms with Crippen LogP contribution >= 0.6 is 0 Å². The molecule has 0 aliphatic rings. The van der Waals surface area contributed by atoms with Crippen molar-refractivity contribution in [2.45, 2.75) is 0 Å². The summed E-state index contributed by atoms with van der Waals surface area (Å²) in [6, 6.07) is 0. The maximum atomic E-state index is 9.80. The Morgan fingerprint density at radius 3 is 2.60 bits per heavy atom. The molecular formula is C5H12CaO4. The summed E-state index contributed by atoms with van der Waals surface area (Å²) in [5.74, 6) is -0.953. The fourth-order valence-corrected chi connectivity index (χ4v) is 0.302. The molecule has 0 atom stereocenters. The van der Waals surface area contributed by atoms with Gasteiger partial charge in [-0.3, -0.25) is 0 Å². The molecule has 0 aromatic heterocycles. The van der Waals surface area contributed by atoms with Crippen LogP contribution in [0.25, 0.3) is 0 Å². The first kappa shape index (κ1) is 13.3. The molecule has 0 aliphatic carbocycles. The molecule has 0 aromatic rings. The van der Waals surface area contributed by atoms with Crippen molar-refractivity contribution in [2.75, 3.05) is 26.9 Å². The second-order valence-electron chi connectivity index (χ2n) is 1.44. The van der Waals surface area contributed by atoms with Gasteiger partial charge in [0.05, 0.1) is 13.2 Å². The third-order valence-corrected chi connectivity index (χ3v) is 0.657. The Kier molecular flexibility index (Phi) is 12.8. The zero-order valence-electron chi connectivity index (χ0n) is 8.00. The van der Waals surface area contributed by atoms with Crippen LogP contribution in [0.2, 0.25) is 0 Å². The minimum atomic E-state index is -0.953. The summed E-state index contributed by atoms with van der Waals surface area (Å²) >= 11 is 0. The standard InChI is InChI=1S/C5H10O4.Ca.2H/c1-8-2-3-9-4-5(6)7;;;/h2-4H2,1H3,(H,6,7);;;/q;+2;2*-1. The van der Waals surface area contributed by atoms with Crippen molar-refractivity contribution < 1.29 is 22.2 Å². The van der Waals surface area contributed by atoms with Gasteiger partial charge in [-0.25, -0.2) is 4.79 Å². The molecule has 0 aromatic carbocycles. The number of carboxylic acid groups (broad SMARTS) is 1. The number of carbonyl (C=O) groups is 1. The fraction of sp³-hybridized carbons (Fsp3) is 0.800. The van der Waals surface area contributed by atoms with Gasteiger partial charge >= 0.3 is 43.7 Å². The first-order chi connectivity index (χ1) is 4.27. The molecule has 0 saturated heterocycles. The summed E-state index contributed by atoms with van der Waals surface area (Å²) < 4.78 is 9.22. The largest absolute Gasteiger partial charge is 2.00 e. The van der Waals surface area contributed by atoms with Crippen molar-refractivity contribution in [3.8, 4) is 0 Å². The fourth-order valence-electron chi connectivity index (χ4n) is 0.302. The number of carboxylic acids is 1. The van der Waals surface area contributed by atoms with Gasteiger partial charge in [0.15, 0.2) is 0 Å². The molecule has 0 radical (unpaired) electrons. The van der Waals surface area contributed by atoms with Crippen LogP contribution in [0.4, 0.5) is 0 Å². The summed E-state index contributed by atoms with van der Waals surface area (Å²) in [5.41, 5.74) is 0. The Hall–Kier alpha value is 0.650. The van der Waals surface area contributed by atoms with Crippen LogP contribution in [0.3, 0.4) is 0 Å². The second kappa shape index (κ2) is 9.65. The second-order valence-corrected chi connectivity index (χ2v) is 1.44. The van der Waals surface area contributed by atoms with Gasteiger partial charge in [-0.05, 0) is 0 Å². The molecule has 0 heterocycles. The molecule has 4 nitrogen and oxygen atoms in total. The van der Waals surface area contributed by atoms with Crippen molar-refractivity contribution in [3.63, 3.8) is 0 Å². The molecule has 0 unspecified atom stereocenters. The predicted octanol–water partition coefficient (Wildman–Crippen LogP) is -0.422. The third-order valence-electron chi connectivity index (χ3n) is 0.657. The third kappa shape index (κ3) is 11.4. The van der Waals surface area contributed by atoms with Gasteiger partial charge in [-0.1, -0.05) is 0 Å². The topological polar surface area (TPSA) is 55.8 Å². The van der Waals surface area contributed by atoms with Crippen LogP contribution in [0.1, 0.15) is 2.85 Å². The van der Waals surface area contributed by atoms with Gasteiger partial charge in [0.2, 0.25) is 0 Å². The van der Waals surface area contributed by atoms with Gasteiger partial charge in [0.25, 0.3) is 0 Å². The van der Waals surface area contributed by atoms with Crippen molar-refractivity contribution in [3.05, 3.63) is 0 Å². The Bertz CT molecular complexity index is 93.5. The zero-order chi connectivity index (χ0) is 7.11. The molecular weight excluding hydrogens is 164 g/mol.